The molecular weight excluding hydrogens is 338 g/mol. The number of ether oxygens (including phenoxy) is 1. The molecular formula is C22H25N3O2. The summed E-state index contributed by atoms with van der Waals surface area (Å²) in [7, 11) is 0. The Kier molecular flexibility index (Phi) is 6.08. The van der Waals surface area contributed by atoms with Gasteiger partial charge in [-0.1, -0.05) is 13.0 Å². The third-order valence-corrected chi connectivity index (χ3v) is 5.10. The molecule has 1 aromatic heterocycles. The molecule has 1 saturated carbocycles. The van der Waals surface area contributed by atoms with E-state index in [9.17, 15) is 4.79 Å². The molecule has 2 aromatic rings. The zero-order chi connectivity index (χ0) is 19.2. The summed E-state index contributed by atoms with van der Waals surface area (Å²) in [5.74, 6) is 0.698. The van der Waals surface area contributed by atoms with Gasteiger partial charge in [-0.15, -0.1) is 0 Å². The minimum absolute atomic E-state index is 0.107. The zero-order valence-electron chi connectivity index (χ0n) is 15.9. The van der Waals surface area contributed by atoms with Crippen LogP contribution in [-0.2, 0) is 6.42 Å². The Morgan fingerprint density at radius 2 is 2.04 bits per heavy atom. The number of nitriles is 1. The maximum absolute atomic E-state index is 12.4. The Morgan fingerprint density at radius 3 is 2.63 bits per heavy atom. The van der Waals surface area contributed by atoms with Gasteiger partial charge in [-0.2, -0.15) is 5.26 Å². The predicted molar refractivity (Wildman–Crippen MR) is 104 cm³/mol. The largest absolute Gasteiger partial charge is 0.490 e. The number of pyridine rings is 1. The molecule has 1 amide bonds. The first-order valence-electron chi connectivity index (χ1n) is 9.52. The minimum Gasteiger partial charge on any atom is -0.490 e. The first kappa shape index (κ1) is 18.9. The molecule has 1 aromatic carbocycles. The lowest BCUT2D eigenvalue weighted by atomic mass is 9.92. The normalized spacial score (nSPS) is 19.1. The van der Waals surface area contributed by atoms with Crippen LogP contribution in [0, 0.1) is 18.3 Å². The van der Waals surface area contributed by atoms with Crippen LogP contribution in [0.5, 0.6) is 5.75 Å². The number of hydrogen-bond acceptors (Lipinski definition) is 4. The molecule has 1 fully saturated rings. The first-order valence-corrected chi connectivity index (χ1v) is 9.52. The first-order chi connectivity index (χ1) is 13.1. The number of aromatic nitrogens is 1. The number of nitrogens with one attached hydrogen (secondary N) is 1. The van der Waals surface area contributed by atoms with Gasteiger partial charge in [-0.05, 0) is 74.4 Å². The van der Waals surface area contributed by atoms with Gasteiger partial charge in [0.05, 0.1) is 17.7 Å². The molecule has 0 bridgehead atoms. The van der Waals surface area contributed by atoms with E-state index in [-0.39, 0.29) is 18.1 Å². The van der Waals surface area contributed by atoms with Crippen molar-refractivity contribution in [3.05, 3.63) is 58.9 Å². The van der Waals surface area contributed by atoms with Gasteiger partial charge in [0.15, 0.2) is 0 Å². The molecule has 0 atom stereocenters. The fourth-order valence-electron chi connectivity index (χ4n) is 3.38. The topological polar surface area (TPSA) is 75.0 Å². The van der Waals surface area contributed by atoms with Crippen molar-refractivity contribution in [2.24, 2.45) is 0 Å². The highest BCUT2D eigenvalue weighted by atomic mass is 16.5. The Hall–Kier alpha value is -2.87. The molecule has 0 spiro atoms. The molecule has 27 heavy (non-hydrogen) atoms. The summed E-state index contributed by atoms with van der Waals surface area (Å²) in [6.45, 7) is 3.98. The summed E-state index contributed by atoms with van der Waals surface area (Å²) >= 11 is 0. The van der Waals surface area contributed by atoms with E-state index in [1.807, 2.05) is 25.1 Å². The summed E-state index contributed by atoms with van der Waals surface area (Å²) in [6, 6.07) is 11.6. The van der Waals surface area contributed by atoms with Crippen LogP contribution in [0.15, 0.2) is 36.5 Å². The molecule has 0 unspecified atom stereocenters. The molecule has 1 aliphatic carbocycles. The van der Waals surface area contributed by atoms with Gasteiger partial charge < -0.3 is 10.1 Å². The van der Waals surface area contributed by atoms with Crippen molar-refractivity contribution in [3.63, 3.8) is 0 Å². The second-order valence-corrected chi connectivity index (χ2v) is 7.06. The van der Waals surface area contributed by atoms with Crippen molar-refractivity contribution in [1.82, 2.24) is 10.3 Å². The van der Waals surface area contributed by atoms with Crippen LogP contribution >= 0.6 is 0 Å². The molecule has 0 radical (unpaired) electrons. The average Bonchev–Trinajstić information content (AvgIpc) is 2.69. The number of benzene rings is 1. The van der Waals surface area contributed by atoms with Gasteiger partial charge in [-0.3, -0.25) is 9.78 Å². The number of amides is 1. The van der Waals surface area contributed by atoms with Crippen molar-refractivity contribution in [2.75, 3.05) is 0 Å². The van der Waals surface area contributed by atoms with E-state index in [0.29, 0.717) is 11.3 Å². The number of rotatable bonds is 5. The van der Waals surface area contributed by atoms with E-state index in [2.05, 4.69) is 23.3 Å². The molecule has 0 saturated heterocycles. The van der Waals surface area contributed by atoms with Gasteiger partial charge in [-0.25, -0.2) is 0 Å². The molecule has 0 aliphatic heterocycles. The van der Waals surface area contributed by atoms with Gasteiger partial charge in [0.25, 0.3) is 5.91 Å². The van der Waals surface area contributed by atoms with Gasteiger partial charge in [0.2, 0.25) is 0 Å². The maximum Gasteiger partial charge on any atom is 0.270 e. The summed E-state index contributed by atoms with van der Waals surface area (Å²) < 4.78 is 6.06. The second-order valence-electron chi connectivity index (χ2n) is 7.06. The van der Waals surface area contributed by atoms with Crippen molar-refractivity contribution in [3.8, 4) is 11.8 Å². The van der Waals surface area contributed by atoms with Crippen molar-refractivity contribution in [2.45, 2.75) is 58.1 Å². The number of carbonyl (C=O) groups is 1. The average molecular weight is 363 g/mol. The van der Waals surface area contributed by atoms with Crippen LogP contribution < -0.4 is 10.1 Å². The van der Waals surface area contributed by atoms with Crippen molar-refractivity contribution < 1.29 is 9.53 Å². The summed E-state index contributed by atoms with van der Waals surface area (Å²) in [6.07, 6.45) is 6.39. The Balaban J connectivity index is 1.49. The molecule has 1 N–H and O–H groups in total. The van der Waals surface area contributed by atoms with Crippen molar-refractivity contribution in [1.29, 1.82) is 5.26 Å². The van der Waals surface area contributed by atoms with Crippen molar-refractivity contribution >= 4 is 5.91 Å². The van der Waals surface area contributed by atoms with Crippen LogP contribution in [0.2, 0.25) is 0 Å². The smallest absolute Gasteiger partial charge is 0.270 e. The predicted octanol–water partition coefficient (Wildman–Crippen LogP) is 3.94. The maximum atomic E-state index is 12.4. The van der Waals surface area contributed by atoms with Crippen LogP contribution in [0.25, 0.3) is 0 Å². The van der Waals surface area contributed by atoms with E-state index >= 15 is 0 Å². The van der Waals surface area contributed by atoms with Crippen LogP contribution in [-0.4, -0.2) is 23.0 Å². The van der Waals surface area contributed by atoms with E-state index in [1.54, 1.807) is 18.3 Å². The molecule has 5 nitrogen and oxygen atoms in total. The Labute approximate surface area is 160 Å². The number of carbonyl (C=O) groups excluding carboxylic acids is 1. The summed E-state index contributed by atoms with van der Waals surface area (Å²) in [5.41, 5.74) is 3.20. The van der Waals surface area contributed by atoms with Crippen LogP contribution in [0.1, 0.15) is 59.8 Å². The Morgan fingerprint density at radius 1 is 1.26 bits per heavy atom. The molecule has 140 valence electrons. The van der Waals surface area contributed by atoms with Gasteiger partial charge in [0.1, 0.15) is 11.4 Å². The number of nitrogens with zero attached hydrogens (tertiary/aromatic N) is 2. The molecule has 3 rings (SSSR count). The molecule has 5 heteroatoms. The lowest BCUT2D eigenvalue weighted by molar-refractivity contribution is 0.0889. The van der Waals surface area contributed by atoms with Crippen LogP contribution in [0.3, 0.4) is 0 Å². The van der Waals surface area contributed by atoms with Gasteiger partial charge >= 0.3 is 0 Å². The highest BCUT2D eigenvalue weighted by molar-refractivity contribution is 5.92. The monoisotopic (exact) mass is 363 g/mol. The highest BCUT2D eigenvalue weighted by Crippen LogP contribution is 2.25. The zero-order valence-corrected chi connectivity index (χ0v) is 15.9. The van der Waals surface area contributed by atoms with Crippen LogP contribution in [0.4, 0.5) is 0 Å². The third-order valence-electron chi connectivity index (χ3n) is 5.10. The van der Waals surface area contributed by atoms with E-state index in [1.165, 1.54) is 0 Å². The second kappa shape index (κ2) is 8.68. The fraction of sp³-hybridized carbons (Fsp3) is 0.409. The summed E-state index contributed by atoms with van der Waals surface area (Å²) in [5, 5.41) is 12.1. The highest BCUT2D eigenvalue weighted by Gasteiger charge is 2.24. The number of hydrogen-bond donors (Lipinski definition) is 1. The standard InChI is InChI=1S/C22H25N3O2/c1-3-16-4-11-21(24-14-16)22(26)25-18-6-9-19(10-7-18)27-20-8-5-17(13-23)15(2)12-20/h4-5,8,11-12,14,18-19H,3,6-7,9-10H2,1-2H3,(H,25,26). The van der Waals surface area contributed by atoms with Gasteiger partial charge in [0, 0.05) is 12.2 Å². The Bertz CT molecular complexity index is 832. The number of aryl methyl sites for hydroxylation is 2. The quantitative estimate of drug-likeness (QED) is 0.873. The lowest BCUT2D eigenvalue weighted by Crippen LogP contribution is -2.40. The minimum atomic E-state index is -0.107. The van der Waals surface area contributed by atoms with E-state index < -0.39 is 0 Å². The lowest BCUT2D eigenvalue weighted by Gasteiger charge is -2.29. The van der Waals surface area contributed by atoms with E-state index in [0.717, 1.165) is 49.0 Å². The van der Waals surface area contributed by atoms with E-state index in [4.69, 9.17) is 10.00 Å². The SMILES string of the molecule is CCc1ccc(C(=O)NC2CCC(Oc3ccc(C#N)c(C)c3)CC2)nc1. The molecule has 1 aliphatic rings. The summed E-state index contributed by atoms with van der Waals surface area (Å²) in [4.78, 5) is 16.6. The third kappa shape index (κ3) is 4.85. The molecule has 1 heterocycles. The fourth-order valence-corrected chi connectivity index (χ4v) is 3.38.